The number of hydrogen-bond donors (Lipinski definition) is 8. The third-order valence-corrected chi connectivity index (χ3v) is 10.1. The van der Waals surface area contributed by atoms with Gasteiger partial charge in [-0.25, -0.2) is 0 Å². The molecule has 0 amide bonds. The van der Waals surface area contributed by atoms with Crippen LogP contribution in [-0.4, -0.2) is 157 Å². The second kappa shape index (κ2) is 16.0. The predicted molar refractivity (Wildman–Crippen MR) is 172 cm³/mol. The number of ether oxygens (including phenoxy) is 10. The summed E-state index contributed by atoms with van der Waals surface area (Å²) < 4.78 is 58.0. The van der Waals surface area contributed by atoms with Crippen LogP contribution in [0.4, 0.5) is 0 Å². The normalized spacial score (nSPS) is 37.3. The molecule has 0 saturated carbocycles. The second-order valence-electron chi connectivity index (χ2n) is 13.0. The molecule has 0 spiro atoms. The zero-order valence-electron chi connectivity index (χ0n) is 28.9. The Balaban J connectivity index is 1.22. The van der Waals surface area contributed by atoms with Gasteiger partial charge in [0.25, 0.3) is 0 Å². The molecule has 4 aliphatic heterocycles. The van der Waals surface area contributed by atoms with Gasteiger partial charge in [-0.2, -0.15) is 0 Å². The molecule has 14 atom stereocenters. The number of benzene rings is 2. The number of fused-ring (bicyclic) bond motifs is 1. The monoisotopic (exact) mass is 742 g/mol. The average molecular weight is 743 g/mol. The molecule has 0 radical (unpaired) electrons. The standard InChI is InChI=1S/C34H46O18/c1-43-17-5-13(6-18(44-2)31(17)51-33-27(41)25(39)23(37)21(9-35)49-33)29-15-11-48-30(16(15)12-47-29)14-7-19(45-3)32(20(8-14)46-4)52-34-28(42)26(40)24(38)22(10-36)50-34/h5-8,15-16,21-30,33-42H,9-12H2,1-4H3/t15-,16+,21?,22?,23-,24-,25?,26?,27+,28+,29+,30-,33+,34+/m1/s1. The molecule has 2 aromatic carbocycles. The minimum absolute atomic E-state index is 0.0541. The van der Waals surface area contributed by atoms with Crippen molar-refractivity contribution < 1.29 is 88.2 Å². The van der Waals surface area contributed by atoms with E-state index < -0.39 is 86.8 Å². The third-order valence-electron chi connectivity index (χ3n) is 10.1. The van der Waals surface area contributed by atoms with Crippen LogP contribution in [0.1, 0.15) is 23.3 Å². The topological polar surface area (TPSA) is 254 Å². The zero-order valence-corrected chi connectivity index (χ0v) is 28.9. The van der Waals surface area contributed by atoms with Gasteiger partial charge in [0.15, 0.2) is 23.0 Å². The van der Waals surface area contributed by atoms with E-state index in [1.807, 2.05) is 0 Å². The summed E-state index contributed by atoms with van der Waals surface area (Å²) in [6.07, 6.45) is -15.9. The number of rotatable bonds is 12. The first-order valence-electron chi connectivity index (χ1n) is 16.7. The minimum Gasteiger partial charge on any atom is -0.493 e. The Morgan fingerprint density at radius 1 is 0.519 bits per heavy atom. The third kappa shape index (κ3) is 6.94. The van der Waals surface area contributed by atoms with Gasteiger partial charge in [0, 0.05) is 11.8 Å². The van der Waals surface area contributed by atoms with E-state index in [0.717, 1.165) is 0 Å². The largest absolute Gasteiger partial charge is 0.493 e. The number of aliphatic hydroxyl groups excluding tert-OH is 8. The first kappa shape index (κ1) is 38.5. The van der Waals surface area contributed by atoms with Gasteiger partial charge in [-0.3, -0.25) is 0 Å². The van der Waals surface area contributed by atoms with Crippen molar-refractivity contribution in [3.05, 3.63) is 35.4 Å². The summed E-state index contributed by atoms with van der Waals surface area (Å²) in [5.74, 6) is 0.683. The van der Waals surface area contributed by atoms with E-state index >= 15 is 0 Å². The van der Waals surface area contributed by atoms with Crippen LogP contribution in [0.25, 0.3) is 0 Å². The minimum atomic E-state index is -1.65. The fourth-order valence-corrected chi connectivity index (χ4v) is 7.16. The Labute approximate surface area is 298 Å². The summed E-state index contributed by atoms with van der Waals surface area (Å²) in [6, 6.07) is 6.78. The number of hydrogen-bond acceptors (Lipinski definition) is 18. The van der Waals surface area contributed by atoms with Gasteiger partial charge in [-0.15, -0.1) is 0 Å². The lowest BCUT2D eigenvalue weighted by Gasteiger charge is -2.39. The highest BCUT2D eigenvalue weighted by Crippen LogP contribution is 2.54. The van der Waals surface area contributed by atoms with Crippen molar-refractivity contribution in [1.82, 2.24) is 0 Å². The Morgan fingerprint density at radius 3 is 1.13 bits per heavy atom. The summed E-state index contributed by atoms with van der Waals surface area (Å²) in [5, 5.41) is 81.0. The lowest BCUT2D eigenvalue weighted by Crippen LogP contribution is -2.60. The van der Waals surface area contributed by atoms with Crippen LogP contribution in [0.15, 0.2) is 24.3 Å². The van der Waals surface area contributed by atoms with Gasteiger partial charge in [0.1, 0.15) is 48.8 Å². The lowest BCUT2D eigenvalue weighted by molar-refractivity contribution is -0.277. The van der Waals surface area contributed by atoms with E-state index in [1.165, 1.54) is 28.4 Å². The molecule has 4 unspecified atom stereocenters. The Hall–Kier alpha value is -3.24. The molecule has 52 heavy (non-hydrogen) atoms. The van der Waals surface area contributed by atoms with E-state index in [-0.39, 0.29) is 46.3 Å². The molecule has 290 valence electrons. The molecular weight excluding hydrogens is 696 g/mol. The van der Waals surface area contributed by atoms with Crippen LogP contribution < -0.4 is 28.4 Å². The zero-order chi connectivity index (χ0) is 37.4. The summed E-state index contributed by atoms with van der Waals surface area (Å²) in [6.45, 7) is -0.604. The van der Waals surface area contributed by atoms with Crippen LogP contribution >= 0.6 is 0 Å². The van der Waals surface area contributed by atoms with Gasteiger partial charge < -0.3 is 88.2 Å². The van der Waals surface area contributed by atoms with Crippen molar-refractivity contribution in [2.24, 2.45) is 11.8 Å². The number of methoxy groups -OCH3 is 4. The van der Waals surface area contributed by atoms with Crippen molar-refractivity contribution >= 4 is 0 Å². The van der Waals surface area contributed by atoms with Gasteiger partial charge >= 0.3 is 0 Å². The van der Waals surface area contributed by atoms with Gasteiger partial charge in [-0.1, -0.05) is 0 Å². The first-order chi connectivity index (χ1) is 25.0. The van der Waals surface area contributed by atoms with E-state index in [0.29, 0.717) is 24.3 Å². The van der Waals surface area contributed by atoms with E-state index in [1.54, 1.807) is 24.3 Å². The van der Waals surface area contributed by atoms with Crippen LogP contribution in [0.5, 0.6) is 34.5 Å². The molecule has 6 rings (SSSR count). The van der Waals surface area contributed by atoms with E-state index in [4.69, 9.17) is 47.4 Å². The highest BCUT2D eigenvalue weighted by atomic mass is 16.7. The summed E-state index contributed by atoms with van der Waals surface area (Å²) in [5.41, 5.74) is 1.37. The average Bonchev–Trinajstić information content (AvgIpc) is 3.78. The van der Waals surface area contributed by atoms with Crippen molar-refractivity contribution in [2.45, 2.75) is 73.6 Å². The fourth-order valence-electron chi connectivity index (χ4n) is 7.16. The molecule has 4 aliphatic rings. The van der Waals surface area contributed by atoms with Crippen molar-refractivity contribution in [2.75, 3.05) is 54.9 Å². The van der Waals surface area contributed by atoms with Crippen LogP contribution in [0.3, 0.4) is 0 Å². The van der Waals surface area contributed by atoms with Gasteiger partial charge in [0.2, 0.25) is 24.1 Å². The predicted octanol–water partition coefficient (Wildman–Crippen LogP) is -1.85. The van der Waals surface area contributed by atoms with Crippen molar-refractivity contribution in [3.63, 3.8) is 0 Å². The van der Waals surface area contributed by atoms with Crippen molar-refractivity contribution in [3.8, 4) is 34.5 Å². The van der Waals surface area contributed by atoms with Gasteiger partial charge in [-0.05, 0) is 35.4 Å². The highest BCUT2D eigenvalue weighted by Gasteiger charge is 2.50. The van der Waals surface area contributed by atoms with Crippen LogP contribution in [0, 0.1) is 11.8 Å². The maximum absolute atomic E-state index is 10.5. The smallest absolute Gasteiger partial charge is 0.229 e. The highest BCUT2D eigenvalue weighted by molar-refractivity contribution is 5.56. The molecule has 0 bridgehead atoms. The quantitative estimate of drug-likeness (QED) is 0.119. The maximum atomic E-state index is 10.5. The SMILES string of the molecule is COc1cc([C@H]2OC[C@@H]3[C@@H]2CO[C@H]3c2cc(OC)c(O[C@@H]3OC(CO)[C@@H](O)C(O)[C@@H]3O)c(OC)c2)cc(OC)c1O[C@@H]1OC(CO)[C@@H](O)C(O)[C@@H]1O. The molecule has 2 aromatic rings. The maximum Gasteiger partial charge on any atom is 0.229 e. The molecular formula is C34H46O18. The molecule has 4 fully saturated rings. The molecule has 4 heterocycles. The van der Waals surface area contributed by atoms with E-state index in [9.17, 15) is 40.9 Å². The van der Waals surface area contributed by atoms with Crippen molar-refractivity contribution in [1.29, 1.82) is 0 Å². The van der Waals surface area contributed by atoms with Gasteiger partial charge in [0.05, 0.1) is 67.1 Å². The molecule has 0 aromatic heterocycles. The molecule has 0 aliphatic carbocycles. The lowest BCUT2D eigenvalue weighted by atomic mass is 9.84. The summed E-state index contributed by atoms with van der Waals surface area (Å²) in [7, 11) is 5.66. The summed E-state index contributed by atoms with van der Waals surface area (Å²) >= 11 is 0. The first-order valence-corrected chi connectivity index (χ1v) is 16.7. The van der Waals surface area contributed by atoms with Crippen LogP contribution in [-0.2, 0) is 18.9 Å². The Kier molecular flexibility index (Phi) is 11.8. The Bertz CT molecular complexity index is 1360. The molecule has 18 heteroatoms. The molecule has 8 N–H and O–H groups in total. The Morgan fingerprint density at radius 2 is 0.846 bits per heavy atom. The summed E-state index contributed by atoms with van der Waals surface area (Å²) in [4.78, 5) is 0. The molecule has 18 nitrogen and oxygen atoms in total. The number of aliphatic hydroxyl groups is 8. The fraction of sp³-hybridized carbons (Fsp3) is 0.647. The van der Waals surface area contributed by atoms with Crippen LogP contribution in [0.2, 0.25) is 0 Å². The second-order valence-corrected chi connectivity index (χ2v) is 13.0. The molecule has 4 saturated heterocycles. The van der Waals surface area contributed by atoms with E-state index in [2.05, 4.69) is 0 Å².